The van der Waals surface area contributed by atoms with Crippen LogP contribution in [0.4, 0.5) is 0 Å². The molecule has 0 radical (unpaired) electrons. The Balaban J connectivity index is 0.000000203. The molecule has 2 heterocycles. The average molecular weight is 333 g/mol. The van der Waals surface area contributed by atoms with E-state index in [1.807, 2.05) is 19.5 Å². The molecular weight excluding hydrogens is 310 g/mol. The first-order valence-corrected chi connectivity index (χ1v) is 8.52. The van der Waals surface area contributed by atoms with Gasteiger partial charge in [-0.25, -0.2) is 4.98 Å². The highest BCUT2D eigenvalue weighted by atomic mass is 32.1. The molecule has 23 heavy (non-hydrogen) atoms. The number of rotatable bonds is 4. The quantitative estimate of drug-likeness (QED) is 0.743. The molecule has 2 aromatic rings. The lowest BCUT2D eigenvalue weighted by molar-refractivity contribution is -0.109. The number of carbonyl (C=O) groups is 1. The summed E-state index contributed by atoms with van der Waals surface area (Å²) in [6, 6.07) is 8.53. The van der Waals surface area contributed by atoms with Crippen LogP contribution in [0.5, 0.6) is 0 Å². The van der Waals surface area contributed by atoms with Gasteiger partial charge in [0.15, 0.2) is 0 Å². The smallest absolute Gasteiger partial charge is 0.136 e. The maximum atomic E-state index is 9.98. The Morgan fingerprint density at radius 1 is 1.43 bits per heavy atom. The van der Waals surface area contributed by atoms with Gasteiger partial charge in [0.05, 0.1) is 28.2 Å². The molecule has 3 N–H and O–H groups in total. The average Bonchev–Trinajstić information content (AvgIpc) is 3.17. The van der Waals surface area contributed by atoms with E-state index in [0.717, 1.165) is 18.5 Å². The van der Waals surface area contributed by atoms with Crippen molar-refractivity contribution < 1.29 is 9.90 Å². The van der Waals surface area contributed by atoms with Crippen molar-refractivity contribution in [1.29, 1.82) is 0 Å². The fourth-order valence-corrected chi connectivity index (χ4v) is 3.22. The number of nitrogens with one attached hydrogen (secondary N) is 2. The maximum Gasteiger partial charge on any atom is 0.136 e. The molecule has 1 saturated heterocycles. The van der Waals surface area contributed by atoms with E-state index in [1.165, 1.54) is 16.0 Å². The minimum Gasteiger partial charge on any atom is -0.392 e. The van der Waals surface area contributed by atoms with E-state index in [9.17, 15) is 4.79 Å². The summed E-state index contributed by atoms with van der Waals surface area (Å²) < 4.78 is 0. The molecule has 124 valence electrons. The van der Waals surface area contributed by atoms with Gasteiger partial charge in [0, 0.05) is 13.1 Å². The number of β-amino-alcohol motifs (C(OH)–C–C–N with tert-alkyl or cyclic N) is 1. The van der Waals surface area contributed by atoms with Crippen LogP contribution in [0.15, 0.2) is 29.8 Å². The standard InChI is InChI=1S/C12H14N2S.C5H9NO2/c1-9-12(15-8-14-9)11-5-3-10(4-6-11)7-13-2;7-3-4-1-5(8)2-6-4/h3-6,8,13H,7H2,1-2H3;3-6,8H,1-2H2/t;4?,5-/m.1/s1. The second kappa shape index (κ2) is 8.88. The highest BCUT2D eigenvalue weighted by molar-refractivity contribution is 7.13. The molecule has 1 aromatic heterocycles. The predicted octanol–water partition coefficient (Wildman–Crippen LogP) is 1.75. The topological polar surface area (TPSA) is 74.2 Å². The van der Waals surface area contributed by atoms with Gasteiger partial charge in [0.25, 0.3) is 0 Å². The van der Waals surface area contributed by atoms with Crippen molar-refractivity contribution in [3.05, 3.63) is 41.0 Å². The van der Waals surface area contributed by atoms with Crippen molar-refractivity contribution in [3.63, 3.8) is 0 Å². The molecule has 0 spiro atoms. The van der Waals surface area contributed by atoms with Gasteiger partial charge < -0.3 is 20.5 Å². The fourth-order valence-electron chi connectivity index (χ4n) is 2.41. The van der Waals surface area contributed by atoms with E-state index in [1.54, 1.807) is 11.3 Å². The molecule has 0 amide bonds. The fraction of sp³-hybridized carbons (Fsp3) is 0.412. The summed E-state index contributed by atoms with van der Waals surface area (Å²) in [5, 5.41) is 14.8. The third-order valence-electron chi connectivity index (χ3n) is 3.65. The van der Waals surface area contributed by atoms with Crippen molar-refractivity contribution in [3.8, 4) is 10.4 Å². The Morgan fingerprint density at radius 2 is 2.17 bits per heavy atom. The Morgan fingerprint density at radius 3 is 2.61 bits per heavy atom. The lowest BCUT2D eigenvalue weighted by Crippen LogP contribution is -2.22. The zero-order valence-corrected chi connectivity index (χ0v) is 14.3. The molecule has 5 nitrogen and oxygen atoms in total. The van der Waals surface area contributed by atoms with Crippen molar-refractivity contribution in [2.45, 2.75) is 32.0 Å². The molecule has 0 aliphatic carbocycles. The number of hydrogen-bond donors (Lipinski definition) is 3. The number of aromatic nitrogens is 1. The van der Waals surface area contributed by atoms with Crippen LogP contribution in [0.2, 0.25) is 0 Å². The number of aryl methyl sites for hydroxylation is 1. The van der Waals surface area contributed by atoms with E-state index in [4.69, 9.17) is 5.11 Å². The zero-order valence-electron chi connectivity index (χ0n) is 13.5. The normalized spacial score (nSPS) is 20.0. The van der Waals surface area contributed by atoms with Crippen LogP contribution in [0.1, 0.15) is 17.7 Å². The third-order valence-corrected chi connectivity index (χ3v) is 4.63. The molecule has 0 saturated carbocycles. The second-order valence-corrected chi connectivity index (χ2v) is 6.39. The van der Waals surface area contributed by atoms with Crippen LogP contribution in [-0.2, 0) is 11.3 Å². The first-order valence-electron chi connectivity index (χ1n) is 7.64. The summed E-state index contributed by atoms with van der Waals surface area (Å²) in [4.78, 5) is 15.5. The third kappa shape index (κ3) is 5.21. The SMILES string of the molecule is CNCc1ccc(-c2scnc2C)cc1.O=CC1C[C@@H](O)CN1. The summed E-state index contributed by atoms with van der Waals surface area (Å²) in [7, 11) is 1.96. The van der Waals surface area contributed by atoms with Crippen LogP contribution >= 0.6 is 11.3 Å². The molecule has 1 aromatic carbocycles. The summed E-state index contributed by atoms with van der Waals surface area (Å²) in [6.07, 6.45) is 1.09. The van der Waals surface area contributed by atoms with Gasteiger partial charge in [-0.2, -0.15) is 0 Å². The van der Waals surface area contributed by atoms with Crippen molar-refractivity contribution in [2.24, 2.45) is 0 Å². The van der Waals surface area contributed by atoms with Crippen LogP contribution in [0.25, 0.3) is 10.4 Å². The Bertz CT molecular complexity index is 613. The molecule has 6 heteroatoms. The zero-order chi connectivity index (χ0) is 16.7. The number of benzene rings is 1. The van der Waals surface area contributed by atoms with Crippen LogP contribution in [0, 0.1) is 6.92 Å². The molecule has 3 rings (SSSR count). The highest BCUT2D eigenvalue weighted by Crippen LogP contribution is 2.27. The van der Waals surface area contributed by atoms with Crippen molar-refractivity contribution in [2.75, 3.05) is 13.6 Å². The summed E-state index contributed by atoms with van der Waals surface area (Å²) in [5.74, 6) is 0. The number of hydrogen-bond acceptors (Lipinski definition) is 6. The van der Waals surface area contributed by atoms with Crippen molar-refractivity contribution in [1.82, 2.24) is 15.6 Å². The first kappa shape index (κ1) is 17.7. The number of carbonyl (C=O) groups excluding carboxylic acids is 1. The minimum atomic E-state index is -0.315. The molecule has 1 unspecified atom stereocenters. The molecule has 0 bridgehead atoms. The predicted molar refractivity (Wildman–Crippen MR) is 93.5 cm³/mol. The Hall–Kier alpha value is -1.60. The van der Waals surface area contributed by atoms with E-state index in [-0.39, 0.29) is 12.1 Å². The van der Waals surface area contributed by atoms with E-state index < -0.39 is 0 Å². The van der Waals surface area contributed by atoms with Crippen molar-refractivity contribution >= 4 is 17.6 Å². The molecule has 1 aliphatic rings. The molecular formula is C17H23N3O2S. The minimum absolute atomic E-state index is 0.106. The monoisotopic (exact) mass is 333 g/mol. The lowest BCUT2D eigenvalue weighted by atomic mass is 10.1. The summed E-state index contributed by atoms with van der Waals surface area (Å²) >= 11 is 1.70. The van der Waals surface area contributed by atoms with Gasteiger partial charge in [-0.05, 0) is 31.5 Å². The number of aldehydes is 1. The van der Waals surface area contributed by atoms with E-state index >= 15 is 0 Å². The second-order valence-electron chi connectivity index (χ2n) is 5.53. The molecule has 1 fully saturated rings. The first-order chi connectivity index (χ1) is 11.1. The number of thiazole rings is 1. The summed E-state index contributed by atoms with van der Waals surface area (Å²) in [5.41, 5.74) is 5.58. The van der Waals surface area contributed by atoms with E-state index in [0.29, 0.717) is 13.0 Å². The maximum absolute atomic E-state index is 9.98. The lowest BCUT2D eigenvalue weighted by Gasteiger charge is -2.02. The van der Waals surface area contributed by atoms with Crippen LogP contribution in [0.3, 0.4) is 0 Å². The van der Waals surface area contributed by atoms with Gasteiger partial charge in [-0.15, -0.1) is 11.3 Å². The van der Waals surface area contributed by atoms with Gasteiger partial charge >= 0.3 is 0 Å². The highest BCUT2D eigenvalue weighted by Gasteiger charge is 2.20. The molecule has 2 atom stereocenters. The largest absolute Gasteiger partial charge is 0.392 e. The van der Waals surface area contributed by atoms with Crippen LogP contribution in [-0.4, -0.2) is 42.1 Å². The van der Waals surface area contributed by atoms with Crippen LogP contribution < -0.4 is 10.6 Å². The van der Waals surface area contributed by atoms with Gasteiger partial charge in [-0.1, -0.05) is 24.3 Å². The van der Waals surface area contributed by atoms with E-state index in [2.05, 4.69) is 39.9 Å². The number of aliphatic hydroxyl groups excluding tert-OH is 1. The summed E-state index contributed by atoms with van der Waals surface area (Å²) in [6.45, 7) is 3.53. The number of nitrogens with zero attached hydrogens (tertiary/aromatic N) is 1. The molecule has 1 aliphatic heterocycles. The van der Waals surface area contributed by atoms with Gasteiger partial charge in [0.1, 0.15) is 6.29 Å². The van der Waals surface area contributed by atoms with Gasteiger partial charge in [0.2, 0.25) is 0 Å². The number of aliphatic hydroxyl groups is 1. The Kier molecular flexibility index (Phi) is 6.85. The Labute approximate surface area is 140 Å². The van der Waals surface area contributed by atoms with Gasteiger partial charge in [-0.3, -0.25) is 0 Å².